The second-order valence-corrected chi connectivity index (χ2v) is 9.48. The van der Waals surface area contributed by atoms with Gasteiger partial charge >= 0.3 is 5.97 Å². The van der Waals surface area contributed by atoms with E-state index < -0.39 is 18.2 Å². The summed E-state index contributed by atoms with van der Waals surface area (Å²) in [6.07, 6.45) is 7.70. The molecule has 3 rings (SSSR count). The fourth-order valence-electron chi connectivity index (χ4n) is 5.14. The summed E-state index contributed by atoms with van der Waals surface area (Å²) >= 11 is 0. The van der Waals surface area contributed by atoms with E-state index in [1.165, 1.54) is 24.3 Å². The second-order valence-electron chi connectivity index (χ2n) is 9.48. The van der Waals surface area contributed by atoms with Crippen molar-refractivity contribution in [1.29, 1.82) is 0 Å². The number of carboxylic acids is 1. The van der Waals surface area contributed by atoms with Gasteiger partial charge in [0.2, 0.25) is 0 Å². The van der Waals surface area contributed by atoms with Crippen molar-refractivity contribution in [2.45, 2.75) is 70.2 Å². The first-order valence-electron chi connectivity index (χ1n) is 12.1. The third-order valence-electron chi connectivity index (χ3n) is 7.04. The smallest absolute Gasteiger partial charge is 0.306 e. The highest BCUT2D eigenvalue weighted by Gasteiger charge is 2.43. The molecule has 1 unspecified atom stereocenters. The maximum atomic E-state index is 13.0. The number of aliphatic carboxylic acids is 1. The molecule has 2 aliphatic rings. The van der Waals surface area contributed by atoms with Gasteiger partial charge in [-0.15, -0.1) is 0 Å². The fourth-order valence-corrected chi connectivity index (χ4v) is 5.14. The van der Waals surface area contributed by atoms with Crippen LogP contribution in [0.25, 0.3) is 0 Å². The maximum Gasteiger partial charge on any atom is 0.306 e. The number of aliphatic hydroxyl groups excluding tert-OH is 2. The first-order valence-corrected chi connectivity index (χ1v) is 12.1. The number of fused-ring (bicyclic) bond motifs is 1. The molecule has 3 N–H and O–H groups in total. The Morgan fingerprint density at radius 3 is 2.73 bits per heavy atom. The van der Waals surface area contributed by atoms with Gasteiger partial charge in [-0.25, -0.2) is 4.39 Å². The van der Waals surface area contributed by atoms with Crippen molar-refractivity contribution in [3.8, 4) is 5.75 Å². The molecule has 1 aliphatic heterocycles. The summed E-state index contributed by atoms with van der Waals surface area (Å²) in [4.78, 5) is 11.4. The number of hydrogen-bond acceptors (Lipinski definition) is 5. The third kappa shape index (κ3) is 7.52. The minimum atomic E-state index is -0.840. The van der Waals surface area contributed by atoms with Crippen LogP contribution in [0.4, 0.5) is 4.39 Å². The van der Waals surface area contributed by atoms with Crippen LogP contribution < -0.4 is 4.74 Å². The van der Waals surface area contributed by atoms with Crippen LogP contribution in [-0.4, -0.2) is 52.8 Å². The Morgan fingerprint density at radius 1 is 1.27 bits per heavy atom. The first kappa shape index (κ1) is 25.7. The molecule has 0 radical (unpaired) electrons. The van der Waals surface area contributed by atoms with Crippen molar-refractivity contribution in [2.75, 3.05) is 13.2 Å². The minimum absolute atomic E-state index is 0.0156. The van der Waals surface area contributed by atoms with Crippen molar-refractivity contribution in [1.82, 2.24) is 0 Å². The molecule has 1 aromatic rings. The van der Waals surface area contributed by atoms with Crippen molar-refractivity contribution >= 4 is 5.97 Å². The normalized spacial score (nSPS) is 29.4. The van der Waals surface area contributed by atoms with Gasteiger partial charge in [-0.05, 0) is 68.2 Å². The number of rotatable bonds is 11. The van der Waals surface area contributed by atoms with E-state index in [1.807, 2.05) is 13.0 Å². The lowest BCUT2D eigenvalue weighted by atomic mass is 9.85. The fraction of sp³-hybridized carbons (Fsp3) is 0.654. The van der Waals surface area contributed by atoms with Gasteiger partial charge in [0.05, 0.1) is 18.1 Å². The summed E-state index contributed by atoms with van der Waals surface area (Å²) in [5, 5.41) is 30.2. The lowest BCUT2D eigenvalue weighted by molar-refractivity contribution is -0.142. The SMILES string of the molecule is CCCC(CC[C@@H]1CC[C@@H]2[C@@H](/C=C/[C@@H](O)COc3ccc(F)cc3)[C@H](O)C[C@@H]2OC1)C(=O)O. The zero-order valence-electron chi connectivity index (χ0n) is 19.3. The summed E-state index contributed by atoms with van der Waals surface area (Å²) in [5.74, 6) is -0.433. The number of hydrogen-bond donors (Lipinski definition) is 3. The molecule has 0 spiro atoms. The Balaban J connectivity index is 1.49. The molecule has 33 heavy (non-hydrogen) atoms. The lowest BCUT2D eigenvalue weighted by Gasteiger charge is -2.21. The monoisotopic (exact) mass is 464 g/mol. The number of ether oxygens (including phenoxy) is 2. The van der Waals surface area contributed by atoms with Crippen LogP contribution in [0.3, 0.4) is 0 Å². The van der Waals surface area contributed by atoms with Crippen LogP contribution in [-0.2, 0) is 9.53 Å². The summed E-state index contributed by atoms with van der Waals surface area (Å²) < 4.78 is 24.6. The van der Waals surface area contributed by atoms with E-state index in [0.717, 1.165) is 25.7 Å². The highest BCUT2D eigenvalue weighted by atomic mass is 19.1. The van der Waals surface area contributed by atoms with Gasteiger partial charge in [-0.1, -0.05) is 25.5 Å². The Kier molecular flexibility index (Phi) is 9.71. The van der Waals surface area contributed by atoms with Crippen LogP contribution in [0.5, 0.6) is 5.75 Å². The number of halogens is 1. The summed E-state index contributed by atoms with van der Waals surface area (Å²) in [6, 6.07) is 5.63. The van der Waals surface area contributed by atoms with Gasteiger partial charge in [0.25, 0.3) is 0 Å². The Morgan fingerprint density at radius 2 is 2.03 bits per heavy atom. The molecule has 7 atom stereocenters. The molecule has 1 aromatic carbocycles. The number of aliphatic hydroxyl groups is 2. The van der Waals surface area contributed by atoms with E-state index in [1.54, 1.807) is 6.08 Å². The molecule has 7 heteroatoms. The number of benzene rings is 1. The number of carboxylic acid groups (broad SMARTS) is 1. The van der Waals surface area contributed by atoms with E-state index >= 15 is 0 Å². The molecule has 1 saturated heterocycles. The highest BCUT2D eigenvalue weighted by Crippen LogP contribution is 2.42. The van der Waals surface area contributed by atoms with Gasteiger partial charge in [-0.3, -0.25) is 4.79 Å². The molecule has 0 bridgehead atoms. The van der Waals surface area contributed by atoms with Gasteiger partial charge < -0.3 is 24.8 Å². The second kappa shape index (κ2) is 12.5. The molecule has 0 amide bonds. The van der Waals surface area contributed by atoms with E-state index in [0.29, 0.717) is 37.5 Å². The summed E-state index contributed by atoms with van der Waals surface area (Å²) in [5.41, 5.74) is 0. The first-order chi connectivity index (χ1) is 15.9. The van der Waals surface area contributed by atoms with E-state index in [9.17, 15) is 24.5 Å². The molecule has 184 valence electrons. The van der Waals surface area contributed by atoms with Gasteiger partial charge in [0.1, 0.15) is 24.3 Å². The van der Waals surface area contributed by atoms with E-state index in [2.05, 4.69) is 0 Å². The lowest BCUT2D eigenvalue weighted by Crippen LogP contribution is -2.22. The largest absolute Gasteiger partial charge is 0.491 e. The van der Waals surface area contributed by atoms with Crippen molar-refractivity contribution in [3.63, 3.8) is 0 Å². The van der Waals surface area contributed by atoms with Crippen LogP contribution in [0.15, 0.2) is 36.4 Å². The van der Waals surface area contributed by atoms with Crippen molar-refractivity contribution < 1.29 is 34.0 Å². The molecule has 1 aliphatic carbocycles. The zero-order chi connectivity index (χ0) is 23.8. The molecule has 6 nitrogen and oxygen atoms in total. The maximum absolute atomic E-state index is 13.0. The van der Waals surface area contributed by atoms with Crippen molar-refractivity contribution in [3.05, 3.63) is 42.2 Å². The van der Waals surface area contributed by atoms with E-state index in [4.69, 9.17) is 9.47 Å². The number of carbonyl (C=O) groups is 1. The Hall–Kier alpha value is -1.96. The molecule has 2 fully saturated rings. The topological polar surface area (TPSA) is 96.2 Å². The van der Waals surface area contributed by atoms with Gasteiger partial charge in [0, 0.05) is 18.9 Å². The van der Waals surface area contributed by atoms with E-state index in [-0.39, 0.29) is 36.3 Å². The third-order valence-corrected chi connectivity index (χ3v) is 7.04. The average molecular weight is 465 g/mol. The van der Waals surface area contributed by atoms with Crippen molar-refractivity contribution in [2.24, 2.45) is 23.7 Å². The average Bonchev–Trinajstić information content (AvgIpc) is 2.95. The summed E-state index contributed by atoms with van der Waals surface area (Å²) in [7, 11) is 0. The quantitative estimate of drug-likeness (QED) is 0.425. The predicted molar refractivity (Wildman–Crippen MR) is 122 cm³/mol. The predicted octanol–water partition coefficient (Wildman–Crippen LogP) is 4.19. The Labute approximate surface area is 195 Å². The summed E-state index contributed by atoms with van der Waals surface area (Å²) in [6.45, 7) is 2.66. The zero-order valence-corrected chi connectivity index (χ0v) is 19.3. The molecule has 1 heterocycles. The van der Waals surface area contributed by atoms with Crippen LogP contribution >= 0.6 is 0 Å². The van der Waals surface area contributed by atoms with Crippen LogP contribution in [0, 0.1) is 29.5 Å². The van der Waals surface area contributed by atoms with Gasteiger partial charge in [-0.2, -0.15) is 0 Å². The van der Waals surface area contributed by atoms with Gasteiger partial charge in [0.15, 0.2) is 0 Å². The minimum Gasteiger partial charge on any atom is -0.491 e. The molecular formula is C26H37FO6. The van der Waals surface area contributed by atoms with Crippen LogP contribution in [0.1, 0.15) is 51.9 Å². The van der Waals surface area contributed by atoms with Crippen LogP contribution in [0.2, 0.25) is 0 Å². The Bertz CT molecular complexity index is 767. The highest BCUT2D eigenvalue weighted by molar-refractivity contribution is 5.69. The molecule has 0 aromatic heterocycles. The standard InChI is InChI=1S/C26H37FO6/c1-2-3-18(26(30)31)6-4-17-5-12-23-22(24(29)14-25(23)33-15-17)13-9-20(28)16-32-21-10-7-19(27)8-11-21/h7-11,13,17-18,20,22-25,28-29H,2-6,12,14-16H2,1H3,(H,30,31)/b13-9+/t17-,18?,20-,22-,23-,24-,25+/m1/s1. The molecular weight excluding hydrogens is 427 g/mol. The molecule has 1 saturated carbocycles.